The molecule has 1 aromatic carbocycles. The minimum atomic E-state index is -0.408. The van der Waals surface area contributed by atoms with Crippen LogP contribution in [-0.4, -0.2) is 26.9 Å². The standard InChI is InChI=1S/C11H13NO4.ClH/c1-14-9-5-3-4-7(10(9)15-2)8-6-16-11(13)12-8;/h3-5,8H,6H2,1-2H3,(H,12,13);1H/t8-;/m1./s1. The zero-order valence-corrected chi connectivity index (χ0v) is 10.4. The topological polar surface area (TPSA) is 56.8 Å². The molecule has 1 N–H and O–H groups in total. The normalized spacial score (nSPS) is 17.8. The molecule has 1 fully saturated rings. The smallest absolute Gasteiger partial charge is 0.407 e. The van der Waals surface area contributed by atoms with Crippen LogP contribution in [0.25, 0.3) is 0 Å². The Bertz CT molecular complexity index is 410. The van der Waals surface area contributed by atoms with Crippen LogP contribution in [0.4, 0.5) is 4.79 Å². The molecule has 6 heteroatoms. The third-order valence-corrected chi connectivity index (χ3v) is 2.48. The minimum absolute atomic E-state index is 0. The van der Waals surface area contributed by atoms with Crippen molar-refractivity contribution in [2.75, 3.05) is 20.8 Å². The van der Waals surface area contributed by atoms with Gasteiger partial charge in [0.05, 0.1) is 20.3 Å². The van der Waals surface area contributed by atoms with E-state index >= 15 is 0 Å². The molecule has 94 valence electrons. The van der Waals surface area contributed by atoms with E-state index in [1.54, 1.807) is 20.3 Å². The summed E-state index contributed by atoms with van der Waals surface area (Å²) >= 11 is 0. The van der Waals surface area contributed by atoms with Crippen LogP contribution in [0.1, 0.15) is 11.6 Å². The Morgan fingerprint density at radius 2 is 2.12 bits per heavy atom. The van der Waals surface area contributed by atoms with Crippen LogP contribution in [0, 0.1) is 0 Å². The lowest BCUT2D eigenvalue weighted by Gasteiger charge is -2.15. The van der Waals surface area contributed by atoms with Gasteiger partial charge in [-0.3, -0.25) is 0 Å². The number of rotatable bonds is 3. The van der Waals surface area contributed by atoms with Crippen LogP contribution in [-0.2, 0) is 4.74 Å². The van der Waals surface area contributed by atoms with Crippen molar-refractivity contribution in [1.82, 2.24) is 5.32 Å². The van der Waals surface area contributed by atoms with Gasteiger partial charge in [-0.2, -0.15) is 0 Å². The van der Waals surface area contributed by atoms with Crippen LogP contribution in [0.2, 0.25) is 0 Å². The summed E-state index contributed by atoms with van der Waals surface area (Å²) in [6.07, 6.45) is -0.408. The van der Waals surface area contributed by atoms with Crippen molar-refractivity contribution in [3.05, 3.63) is 23.8 Å². The summed E-state index contributed by atoms with van der Waals surface area (Å²) in [4.78, 5) is 11.0. The van der Waals surface area contributed by atoms with E-state index in [-0.39, 0.29) is 18.4 Å². The summed E-state index contributed by atoms with van der Waals surface area (Å²) < 4.78 is 15.3. The molecule has 1 aliphatic rings. The van der Waals surface area contributed by atoms with Crippen molar-refractivity contribution in [2.45, 2.75) is 6.04 Å². The SMILES string of the molecule is COc1cccc([C@H]2COC(=O)N2)c1OC.Cl. The molecule has 5 nitrogen and oxygen atoms in total. The van der Waals surface area contributed by atoms with E-state index in [4.69, 9.17) is 14.2 Å². The molecule has 1 aromatic rings. The first kappa shape index (κ1) is 13.4. The molecule has 1 saturated heterocycles. The van der Waals surface area contributed by atoms with E-state index in [1.807, 2.05) is 12.1 Å². The number of nitrogens with one attached hydrogen (secondary N) is 1. The summed E-state index contributed by atoms with van der Waals surface area (Å²) in [5, 5.41) is 2.70. The quantitative estimate of drug-likeness (QED) is 0.901. The summed E-state index contributed by atoms with van der Waals surface area (Å²) in [7, 11) is 3.14. The molecule has 0 bridgehead atoms. The Kier molecular flexibility index (Phi) is 4.45. The summed E-state index contributed by atoms with van der Waals surface area (Å²) in [5.74, 6) is 1.27. The van der Waals surface area contributed by atoms with Gasteiger partial charge in [-0.25, -0.2) is 4.79 Å². The lowest BCUT2D eigenvalue weighted by Crippen LogP contribution is -2.19. The summed E-state index contributed by atoms with van der Waals surface area (Å²) in [6.45, 7) is 0.308. The fourth-order valence-corrected chi connectivity index (χ4v) is 1.74. The molecule has 1 heterocycles. The van der Waals surface area contributed by atoms with Crippen LogP contribution >= 0.6 is 12.4 Å². The molecule has 1 aliphatic heterocycles. The molecule has 1 atom stereocenters. The Balaban J connectivity index is 0.00000144. The third kappa shape index (κ3) is 2.55. The fourth-order valence-electron chi connectivity index (χ4n) is 1.74. The lowest BCUT2D eigenvalue weighted by molar-refractivity contribution is 0.176. The number of methoxy groups -OCH3 is 2. The molecule has 0 unspecified atom stereocenters. The van der Waals surface area contributed by atoms with Gasteiger partial charge in [-0.15, -0.1) is 12.4 Å². The van der Waals surface area contributed by atoms with E-state index in [9.17, 15) is 4.79 Å². The van der Waals surface area contributed by atoms with Crippen molar-refractivity contribution < 1.29 is 19.0 Å². The van der Waals surface area contributed by atoms with E-state index in [1.165, 1.54) is 0 Å². The molecule has 0 radical (unpaired) electrons. The maximum absolute atomic E-state index is 11.0. The number of cyclic esters (lactones) is 1. The first-order valence-electron chi connectivity index (χ1n) is 4.90. The molecular weight excluding hydrogens is 246 g/mol. The van der Waals surface area contributed by atoms with Gasteiger partial charge in [0.2, 0.25) is 0 Å². The molecule has 0 spiro atoms. The molecule has 2 rings (SSSR count). The monoisotopic (exact) mass is 259 g/mol. The number of ether oxygens (including phenoxy) is 3. The predicted octanol–water partition coefficient (Wildman–Crippen LogP) is 1.91. The number of hydrogen-bond donors (Lipinski definition) is 1. The van der Waals surface area contributed by atoms with Crippen molar-refractivity contribution in [3.8, 4) is 11.5 Å². The Hall–Kier alpha value is -1.62. The number of para-hydroxylation sites is 1. The Morgan fingerprint density at radius 1 is 1.35 bits per heavy atom. The number of halogens is 1. The van der Waals surface area contributed by atoms with Crippen LogP contribution in [0.15, 0.2) is 18.2 Å². The zero-order chi connectivity index (χ0) is 11.5. The highest BCUT2D eigenvalue weighted by Gasteiger charge is 2.27. The highest BCUT2D eigenvalue weighted by atomic mass is 35.5. The van der Waals surface area contributed by atoms with Crippen molar-refractivity contribution in [1.29, 1.82) is 0 Å². The number of alkyl carbamates (subject to hydrolysis) is 1. The average molecular weight is 260 g/mol. The van der Waals surface area contributed by atoms with Gasteiger partial charge in [-0.05, 0) is 6.07 Å². The molecule has 0 aromatic heterocycles. The first-order valence-corrected chi connectivity index (χ1v) is 4.90. The lowest BCUT2D eigenvalue weighted by atomic mass is 10.1. The van der Waals surface area contributed by atoms with Crippen LogP contribution in [0.3, 0.4) is 0 Å². The second-order valence-corrected chi connectivity index (χ2v) is 3.38. The number of carbonyl (C=O) groups excluding carboxylic acids is 1. The first-order chi connectivity index (χ1) is 7.76. The maximum atomic E-state index is 11.0. The van der Waals surface area contributed by atoms with Gasteiger partial charge >= 0.3 is 6.09 Å². The second kappa shape index (κ2) is 5.63. The molecule has 1 amide bonds. The van der Waals surface area contributed by atoms with Gasteiger partial charge in [0.15, 0.2) is 11.5 Å². The highest BCUT2D eigenvalue weighted by Crippen LogP contribution is 2.35. The maximum Gasteiger partial charge on any atom is 0.407 e. The summed E-state index contributed by atoms with van der Waals surface area (Å²) in [6, 6.07) is 5.35. The largest absolute Gasteiger partial charge is 0.493 e. The average Bonchev–Trinajstić information content (AvgIpc) is 2.74. The van der Waals surface area contributed by atoms with Crippen LogP contribution in [0.5, 0.6) is 11.5 Å². The Morgan fingerprint density at radius 3 is 2.65 bits per heavy atom. The highest BCUT2D eigenvalue weighted by molar-refractivity contribution is 5.85. The molecular formula is C11H14ClNO4. The van der Waals surface area contributed by atoms with Gasteiger partial charge < -0.3 is 19.5 Å². The van der Waals surface area contributed by atoms with Gasteiger partial charge in [0, 0.05) is 5.56 Å². The third-order valence-electron chi connectivity index (χ3n) is 2.48. The molecule has 0 aliphatic carbocycles. The van der Waals surface area contributed by atoms with Crippen molar-refractivity contribution in [3.63, 3.8) is 0 Å². The van der Waals surface area contributed by atoms with Gasteiger partial charge in [0.25, 0.3) is 0 Å². The second-order valence-electron chi connectivity index (χ2n) is 3.38. The van der Waals surface area contributed by atoms with Crippen molar-refractivity contribution >= 4 is 18.5 Å². The summed E-state index contributed by atoms with van der Waals surface area (Å²) in [5.41, 5.74) is 0.854. The van der Waals surface area contributed by atoms with E-state index in [2.05, 4.69) is 5.32 Å². The van der Waals surface area contributed by atoms with E-state index in [0.29, 0.717) is 18.1 Å². The molecule has 0 saturated carbocycles. The van der Waals surface area contributed by atoms with E-state index < -0.39 is 6.09 Å². The number of benzene rings is 1. The number of hydrogen-bond acceptors (Lipinski definition) is 4. The Labute approximate surface area is 105 Å². The van der Waals surface area contributed by atoms with E-state index in [0.717, 1.165) is 5.56 Å². The van der Waals surface area contributed by atoms with Gasteiger partial charge in [-0.1, -0.05) is 12.1 Å². The number of amides is 1. The minimum Gasteiger partial charge on any atom is -0.493 e. The van der Waals surface area contributed by atoms with Gasteiger partial charge in [0.1, 0.15) is 6.61 Å². The zero-order valence-electron chi connectivity index (χ0n) is 9.56. The predicted molar refractivity (Wildman–Crippen MR) is 64.0 cm³/mol. The van der Waals surface area contributed by atoms with Crippen molar-refractivity contribution in [2.24, 2.45) is 0 Å². The number of carbonyl (C=O) groups is 1. The molecule has 17 heavy (non-hydrogen) atoms. The van der Waals surface area contributed by atoms with Crippen LogP contribution < -0.4 is 14.8 Å². The fraction of sp³-hybridized carbons (Fsp3) is 0.364.